The maximum absolute atomic E-state index is 12.4. The molecule has 0 unspecified atom stereocenters. The first kappa shape index (κ1) is 14.7. The maximum atomic E-state index is 12.4. The zero-order valence-corrected chi connectivity index (χ0v) is 12.6. The predicted molar refractivity (Wildman–Crippen MR) is 87.7 cm³/mol. The van der Waals surface area contributed by atoms with Gasteiger partial charge < -0.3 is 10.1 Å². The fourth-order valence-electron chi connectivity index (χ4n) is 2.02. The number of aromatic nitrogens is 2. The van der Waals surface area contributed by atoms with Crippen LogP contribution in [-0.2, 0) is 0 Å². The number of carbonyl (C=O) groups is 1. The fourth-order valence-corrected chi connectivity index (χ4v) is 2.02. The number of anilines is 1. The Labute approximate surface area is 134 Å². The van der Waals surface area contributed by atoms with Crippen LogP contribution in [0.1, 0.15) is 15.9 Å². The molecule has 1 aromatic carbocycles. The topological polar surface area (TPSA) is 64.1 Å². The van der Waals surface area contributed by atoms with E-state index in [0.717, 1.165) is 5.56 Å². The molecule has 3 aromatic rings. The third-order valence-corrected chi connectivity index (χ3v) is 3.24. The number of benzene rings is 1. The van der Waals surface area contributed by atoms with Crippen molar-refractivity contribution < 1.29 is 9.53 Å². The average Bonchev–Trinajstić information content (AvgIpc) is 2.58. The maximum Gasteiger partial charge on any atom is 0.255 e. The molecule has 1 N–H and O–H groups in total. The lowest BCUT2D eigenvalue weighted by atomic mass is 10.2. The van der Waals surface area contributed by atoms with Crippen LogP contribution in [0.15, 0.2) is 67.1 Å². The van der Waals surface area contributed by atoms with Crippen LogP contribution in [0.5, 0.6) is 11.6 Å². The minimum absolute atomic E-state index is 0.215. The van der Waals surface area contributed by atoms with Crippen LogP contribution >= 0.6 is 0 Å². The van der Waals surface area contributed by atoms with Crippen molar-refractivity contribution in [2.24, 2.45) is 0 Å². The number of ether oxygens (including phenoxy) is 1. The molecule has 0 fully saturated rings. The molecule has 0 bridgehead atoms. The van der Waals surface area contributed by atoms with Crippen LogP contribution in [0.4, 0.5) is 5.69 Å². The van der Waals surface area contributed by atoms with E-state index in [4.69, 9.17) is 4.74 Å². The van der Waals surface area contributed by atoms with E-state index in [2.05, 4.69) is 15.3 Å². The molecule has 2 aromatic heterocycles. The summed E-state index contributed by atoms with van der Waals surface area (Å²) in [6.07, 6.45) is 4.96. The van der Waals surface area contributed by atoms with E-state index in [0.29, 0.717) is 22.9 Å². The van der Waals surface area contributed by atoms with Gasteiger partial charge in [0.15, 0.2) is 0 Å². The Kier molecular flexibility index (Phi) is 4.29. The van der Waals surface area contributed by atoms with Gasteiger partial charge in [-0.15, -0.1) is 0 Å². The van der Waals surface area contributed by atoms with E-state index in [9.17, 15) is 4.79 Å². The smallest absolute Gasteiger partial charge is 0.255 e. The minimum atomic E-state index is -0.215. The molecule has 0 aliphatic heterocycles. The summed E-state index contributed by atoms with van der Waals surface area (Å²) in [6, 6.07) is 14.2. The summed E-state index contributed by atoms with van der Waals surface area (Å²) in [4.78, 5) is 20.5. The Hall–Kier alpha value is -3.21. The molecule has 0 saturated carbocycles. The first-order chi connectivity index (χ1) is 11.2. The van der Waals surface area contributed by atoms with Gasteiger partial charge in [0.1, 0.15) is 5.75 Å². The fraction of sp³-hybridized carbons (Fsp3) is 0.0556. The van der Waals surface area contributed by atoms with Crippen molar-refractivity contribution in [2.45, 2.75) is 6.92 Å². The zero-order valence-electron chi connectivity index (χ0n) is 12.6. The van der Waals surface area contributed by atoms with Crippen molar-refractivity contribution in [3.63, 3.8) is 0 Å². The number of rotatable bonds is 4. The summed E-state index contributed by atoms with van der Waals surface area (Å²) in [6.45, 7) is 1.91. The van der Waals surface area contributed by atoms with E-state index in [1.54, 1.807) is 48.9 Å². The van der Waals surface area contributed by atoms with Crippen molar-refractivity contribution in [1.29, 1.82) is 0 Å². The normalized spacial score (nSPS) is 10.1. The van der Waals surface area contributed by atoms with Gasteiger partial charge in [-0.05, 0) is 42.8 Å². The van der Waals surface area contributed by atoms with Crippen LogP contribution in [0.2, 0.25) is 0 Å². The van der Waals surface area contributed by atoms with Crippen molar-refractivity contribution in [1.82, 2.24) is 9.97 Å². The van der Waals surface area contributed by atoms with E-state index in [1.807, 2.05) is 25.1 Å². The molecule has 5 heteroatoms. The number of aryl methyl sites for hydroxylation is 1. The largest absolute Gasteiger partial charge is 0.439 e. The molecular formula is C18H15N3O2. The summed E-state index contributed by atoms with van der Waals surface area (Å²) in [5, 5.41) is 2.84. The average molecular weight is 305 g/mol. The number of pyridine rings is 2. The molecule has 5 nitrogen and oxygen atoms in total. The van der Waals surface area contributed by atoms with E-state index >= 15 is 0 Å². The monoisotopic (exact) mass is 305 g/mol. The SMILES string of the molecule is Cc1ccncc1NC(=O)c1cccc(Oc2ccccn2)c1. The van der Waals surface area contributed by atoms with Crippen LogP contribution in [0.3, 0.4) is 0 Å². The van der Waals surface area contributed by atoms with Crippen molar-refractivity contribution >= 4 is 11.6 Å². The number of nitrogens with zero attached hydrogens (tertiary/aromatic N) is 2. The second-order valence-corrected chi connectivity index (χ2v) is 4.94. The standard InChI is InChI=1S/C18H15N3O2/c1-13-8-10-19-12-16(13)21-18(22)14-5-4-6-15(11-14)23-17-7-2-3-9-20-17/h2-12H,1H3,(H,21,22). The molecule has 114 valence electrons. The molecule has 0 atom stereocenters. The molecule has 0 spiro atoms. The molecule has 3 rings (SSSR count). The second-order valence-electron chi connectivity index (χ2n) is 4.94. The molecule has 0 aliphatic carbocycles. The van der Waals surface area contributed by atoms with Gasteiger partial charge in [0, 0.05) is 24.0 Å². The van der Waals surface area contributed by atoms with Gasteiger partial charge in [-0.2, -0.15) is 0 Å². The number of hydrogen-bond acceptors (Lipinski definition) is 4. The third kappa shape index (κ3) is 3.71. The molecule has 23 heavy (non-hydrogen) atoms. The molecule has 2 heterocycles. The number of nitrogens with one attached hydrogen (secondary N) is 1. The van der Waals surface area contributed by atoms with Crippen LogP contribution in [-0.4, -0.2) is 15.9 Å². The lowest BCUT2D eigenvalue weighted by molar-refractivity contribution is 0.102. The quantitative estimate of drug-likeness (QED) is 0.795. The molecular weight excluding hydrogens is 290 g/mol. The first-order valence-electron chi connectivity index (χ1n) is 7.13. The third-order valence-electron chi connectivity index (χ3n) is 3.24. The Morgan fingerprint density at radius 1 is 1.09 bits per heavy atom. The predicted octanol–water partition coefficient (Wildman–Crippen LogP) is 3.83. The lowest BCUT2D eigenvalue weighted by Crippen LogP contribution is -2.12. The van der Waals surface area contributed by atoms with Crippen molar-refractivity contribution in [2.75, 3.05) is 5.32 Å². The highest BCUT2D eigenvalue weighted by molar-refractivity contribution is 6.04. The minimum Gasteiger partial charge on any atom is -0.439 e. The summed E-state index contributed by atoms with van der Waals surface area (Å²) in [7, 11) is 0. The van der Waals surface area contributed by atoms with Crippen molar-refractivity contribution in [3.05, 3.63) is 78.2 Å². The van der Waals surface area contributed by atoms with Crippen LogP contribution < -0.4 is 10.1 Å². The Morgan fingerprint density at radius 2 is 2.00 bits per heavy atom. The summed E-state index contributed by atoms with van der Waals surface area (Å²) >= 11 is 0. The van der Waals surface area contributed by atoms with Gasteiger partial charge >= 0.3 is 0 Å². The number of carbonyl (C=O) groups excluding carboxylic acids is 1. The summed E-state index contributed by atoms with van der Waals surface area (Å²) in [5.74, 6) is 0.819. The molecule has 1 amide bonds. The Bertz CT molecular complexity index is 819. The van der Waals surface area contributed by atoms with Crippen molar-refractivity contribution in [3.8, 4) is 11.6 Å². The highest BCUT2D eigenvalue weighted by Gasteiger charge is 2.09. The zero-order chi connectivity index (χ0) is 16.1. The van der Waals surface area contributed by atoms with E-state index in [1.165, 1.54) is 0 Å². The van der Waals surface area contributed by atoms with Gasteiger partial charge in [-0.1, -0.05) is 12.1 Å². The van der Waals surface area contributed by atoms with Gasteiger partial charge in [0.2, 0.25) is 5.88 Å². The highest BCUT2D eigenvalue weighted by atomic mass is 16.5. The first-order valence-corrected chi connectivity index (χ1v) is 7.13. The lowest BCUT2D eigenvalue weighted by Gasteiger charge is -2.09. The van der Waals surface area contributed by atoms with Crippen LogP contribution in [0.25, 0.3) is 0 Å². The second kappa shape index (κ2) is 6.70. The number of hydrogen-bond donors (Lipinski definition) is 1. The van der Waals surface area contributed by atoms with Gasteiger partial charge in [0.25, 0.3) is 5.91 Å². The van der Waals surface area contributed by atoms with E-state index < -0.39 is 0 Å². The summed E-state index contributed by atoms with van der Waals surface area (Å²) < 4.78 is 5.64. The summed E-state index contributed by atoms with van der Waals surface area (Å²) in [5.41, 5.74) is 2.14. The van der Waals surface area contributed by atoms with Gasteiger partial charge in [-0.3, -0.25) is 9.78 Å². The molecule has 0 radical (unpaired) electrons. The number of amides is 1. The molecule has 0 saturated heterocycles. The van der Waals surface area contributed by atoms with Crippen LogP contribution in [0, 0.1) is 6.92 Å². The van der Waals surface area contributed by atoms with Gasteiger partial charge in [-0.25, -0.2) is 4.98 Å². The van der Waals surface area contributed by atoms with Gasteiger partial charge in [0.05, 0.1) is 11.9 Å². The Balaban J connectivity index is 1.77. The highest BCUT2D eigenvalue weighted by Crippen LogP contribution is 2.21. The Morgan fingerprint density at radius 3 is 2.78 bits per heavy atom. The van der Waals surface area contributed by atoms with E-state index in [-0.39, 0.29) is 5.91 Å². The molecule has 0 aliphatic rings.